The Morgan fingerprint density at radius 2 is 2.50 bits per heavy atom. The highest BCUT2D eigenvalue weighted by Gasteiger charge is 2.40. The molecule has 2 aliphatic rings. The van der Waals surface area contributed by atoms with Gasteiger partial charge in [-0.3, -0.25) is 5.32 Å². The largest absolute Gasteiger partial charge is 0.357 e. The molecule has 10 heavy (non-hydrogen) atoms. The van der Waals surface area contributed by atoms with Crippen LogP contribution in [-0.2, 0) is 4.74 Å². The standard InChI is InChI=1S/C7H14N2O/c1-9-3-2-7(5-9)4-8-6-10-7/h8H,2-6H2,1H3. The minimum atomic E-state index is 0.175. The van der Waals surface area contributed by atoms with Crippen molar-refractivity contribution in [2.75, 3.05) is 33.4 Å². The van der Waals surface area contributed by atoms with Gasteiger partial charge in [-0.05, 0) is 13.5 Å². The first-order chi connectivity index (χ1) is 4.81. The fourth-order valence-electron chi connectivity index (χ4n) is 1.84. The summed E-state index contributed by atoms with van der Waals surface area (Å²) in [6.07, 6.45) is 1.19. The molecule has 0 saturated carbocycles. The van der Waals surface area contributed by atoms with Gasteiger partial charge in [-0.15, -0.1) is 0 Å². The summed E-state index contributed by atoms with van der Waals surface area (Å²) in [7, 11) is 2.15. The SMILES string of the molecule is CN1CCC2(CNCO2)C1. The molecule has 2 heterocycles. The molecule has 2 fully saturated rings. The highest BCUT2D eigenvalue weighted by Crippen LogP contribution is 2.25. The molecule has 0 aromatic rings. The van der Waals surface area contributed by atoms with Crippen LogP contribution in [0.3, 0.4) is 0 Å². The van der Waals surface area contributed by atoms with Gasteiger partial charge in [0.25, 0.3) is 0 Å². The van der Waals surface area contributed by atoms with Crippen molar-refractivity contribution in [3.63, 3.8) is 0 Å². The molecule has 58 valence electrons. The molecule has 0 aromatic heterocycles. The average molecular weight is 142 g/mol. The number of rotatable bonds is 0. The summed E-state index contributed by atoms with van der Waals surface area (Å²) in [6, 6.07) is 0. The maximum absolute atomic E-state index is 5.62. The van der Waals surface area contributed by atoms with Crippen molar-refractivity contribution < 1.29 is 4.74 Å². The van der Waals surface area contributed by atoms with Gasteiger partial charge in [0.1, 0.15) is 0 Å². The van der Waals surface area contributed by atoms with Gasteiger partial charge in [0.15, 0.2) is 0 Å². The van der Waals surface area contributed by atoms with E-state index < -0.39 is 0 Å². The second-order valence-electron chi connectivity index (χ2n) is 3.39. The molecule has 3 nitrogen and oxygen atoms in total. The van der Waals surface area contributed by atoms with Gasteiger partial charge in [-0.2, -0.15) is 0 Å². The van der Waals surface area contributed by atoms with Crippen molar-refractivity contribution in [1.82, 2.24) is 10.2 Å². The first-order valence-electron chi connectivity index (χ1n) is 3.84. The molecule has 1 N–H and O–H groups in total. The van der Waals surface area contributed by atoms with E-state index in [-0.39, 0.29) is 5.60 Å². The van der Waals surface area contributed by atoms with E-state index in [0.29, 0.717) is 0 Å². The van der Waals surface area contributed by atoms with Crippen LogP contribution in [0.1, 0.15) is 6.42 Å². The molecule has 1 spiro atoms. The predicted molar refractivity (Wildman–Crippen MR) is 38.8 cm³/mol. The van der Waals surface area contributed by atoms with Crippen molar-refractivity contribution in [3.05, 3.63) is 0 Å². The van der Waals surface area contributed by atoms with Crippen LogP contribution in [0.25, 0.3) is 0 Å². The quantitative estimate of drug-likeness (QED) is 0.500. The lowest BCUT2D eigenvalue weighted by atomic mass is 10.0. The lowest BCUT2D eigenvalue weighted by Crippen LogP contribution is -2.35. The van der Waals surface area contributed by atoms with Crippen LogP contribution in [0, 0.1) is 0 Å². The number of ether oxygens (including phenoxy) is 1. The lowest BCUT2D eigenvalue weighted by molar-refractivity contribution is 0.0210. The van der Waals surface area contributed by atoms with E-state index in [0.717, 1.165) is 19.8 Å². The van der Waals surface area contributed by atoms with Crippen LogP contribution in [0.2, 0.25) is 0 Å². The molecule has 2 rings (SSSR count). The van der Waals surface area contributed by atoms with Crippen LogP contribution in [0.15, 0.2) is 0 Å². The van der Waals surface area contributed by atoms with Crippen molar-refractivity contribution in [2.45, 2.75) is 12.0 Å². The highest BCUT2D eigenvalue weighted by atomic mass is 16.5. The number of nitrogens with one attached hydrogen (secondary N) is 1. The third-order valence-electron chi connectivity index (χ3n) is 2.43. The molecule has 0 radical (unpaired) electrons. The zero-order chi connectivity index (χ0) is 7.03. The number of likely N-dealkylation sites (N-methyl/N-ethyl adjacent to an activating group) is 1. The molecule has 0 amide bonds. The third kappa shape index (κ3) is 0.944. The Labute approximate surface area is 61.3 Å². The number of hydrogen-bond acceptors (Lipinski definition) is 3. The van der Waals surface area contributed by atoms with Crippen LogP contribution in [0.5, 0.6) is 0 Å². The van der Waals surface area contributed by atoms with Gasteiger partial charge in [-0.25, -0.2) is 0 Å². The smallest absolute Gasteiger partial charge is 0.0975 e. The third-order valence-corrected chi connectivity index (χ3v) is 2.43. The van der Waals surface area contributed by atoms with Crippen LogP contribution >= 0.6 is 0 Å². The van der Waals surface area contributed by atoms with E-state index in [2.05, 4.69) is 17.3 Å². The van der Waals surface area contributed by atoms with E-state index in [1.165, 1.54) is 13.0 Å². The highest BCUT2D eigenvalue weighted by molar-refractivity contribution is 4.94. The fraction of sp³-hybridized carbons (Fsp3) is 1.00. The van der Waals surface area contributed by atoms with Crippen LogP contribution in [0.4, 0.5) is 0 Å². The molecular weight excluding hydrogens is 128 g/mol. The van der Waals surface area contributed by atoms with Gasteiger partial charge in [0, 0.05) is 19.6 Å². The summed E-state index contributed by atoms with van der Waals surface area (Å²) < 4.78 is 5.62. The van der Waals surface area contributed by atoms with Gasteiger partial charge >= 0.3 is 0 Å². The normalized spacial score (nSPS) is 41.7. The second-order valence-corrected chi connectivity index (χ2v) is 3.39. The number of hydrogen-bond donors (Lipinski definition) is 1. The fourth-order valence-corrected chi connectivity index (χ4v) is 1.84. The molecule has 2 saturated heterocycles. The molecule has 0 aromatic carbocycles. The van der Waals surface area contributed by atoms with Crippen LogP contribution in [-0.4, -0.2) is 43.9 Å². The van der Waals surface area contributed by atoms with Gasteiger partial charge in [-0.1, -0.05) is 0 Å². The Balaban J connectivity index is 2.03. The maximum atomic E-state index is 5.62. The van der Waals surface area contributed by atoms with E-state index in [1.54, 1.807) is 0 Å². The zero-order valence-electron chi connectivity index (χ0n) is 6.39. The van der Waals surface area contributed by atoms with Gasteiger partial charge in [0.05, 0.1) is 12.3 Å². The number of nitrogens with zero attached hydrogens (tertiary/aromatic N) is 1. The minimum Gasteiger partial charge on any atom is -0.357 e. The van der Waals surface area contributed by atoms with Gasteiger partial charge < -0.3 is 9.64 Å². The summed E-state index contributed by atoms with van der Waals surface area (Å²) in [5.74, 6) is 0. The molecule has 1 atom stereocenters. The Kier molecular flexibility index (Phi) is 1.44. The van der Waals surface area contributed by atoms with Crippen molar-refractivity contribution in [3.8, 4) is 0 Å². The maximum Gasteiger partial charge on any atom is 0.0975 e. The summed E-state index contributed by atoms with van der Waals surface area (Å²) in [6.45, 7) is 4.06. The Bertz CT molecular complexity index is 132. The molecule has 0 aliphatic carbocycles. The van der Waals surface area contributed by atoms with E-state index in [9.17, 15) is 0 Å². The Morgan fingerprint density at radius 1 is 1.60 bits per heavy atom. The summed E-state index contributed by atoms with van der Waals surface area (Å²) >= 11 is 0. The summed E-state index contributed by atoms with van der Waals surface area (Å²) in [4.78, 5) is 2.33. The second kappa shape index (κ2) is 2.19. The topological polar surface area (TPSA) is 24.5 Å². The molecule has 2 aliphatic heterocycles. The van der Waals surface area contributed by atoms with Crippen molar-refractivity contribution in [1.29, 1.82) is 0 Å². The average Bonchev–Trinajstić information content (AvgIpc) is 2.46. The lowest BCUT2D eigenvalue weighted by Gasteiger charge is -2.20. The summed E-state index contributed by atoms with van der Waals surface area (Å²) in [5.41, 5.74) is 0.175. The van der Waals surface area contributed by atoms with Crippen molar-refractivity contribution >= 4 is 0 Å². The first kappa shape index (κ1) is 6.58. The minimum absolute atomic E-state index is 0.175. The number of likely N-dealkylation sites (tertiary alicyclic amines) is 1. The molecule has 3 heteroatoms. The Hall–Kier alpha value is -0.120. The van der Waals surface area contributed by atoms with Crippen LogP contribution < -0.4 is 5.32 Å². The van der Waals surface area contributed by atoms with E-state index in [4.69, 9.17) is 4.74 Å². The van der Waals surface area contributed by atoms with E-state index in [1.807, 2.05) is 0 Å². The van der Waals surface area contributed by atoms with Crippen molar-refractivity contribution in [2.24, 2.45) is 0 Å². The predicted octanol–water partition coefficient (Wildman–Crippen LogP) is -0.362. The summed E-state index contributed by atoms with van der Waals surface area (Å²) in [5, 5.41) is 3.23. The molecule has 1 unspecified atom stereocenters. The molecular formula is C7H14N2O. The Morgan fingerprint density at radius 3 is 3.00 bits per heavy atom. The van der Waals surface area contributed by atoms with E-state index >= 15 is 0 Å². The first-order valence-corrected chi connectivity index (χ1v) is 3.84. The monoisotopic (exact) mass is 142 g/mol. The van der Waals surface area contributed by atoms with Gasteiger partial charge in [0.2, 0.25) is 0 Å². The molecule has 0 bridgehead atoms. The zero-order valence-corrected chi connectivity index (χ0v) is 6.39.